The molecule has 4 heteroatoms. The molecule has 2 N–H and O–H groups in total. The summed E-state index contributed by atoms with van der Waals surface area (Å²) in [5.41, 5.74) is 0. The SMILES string of the molecule is C[NH+]1CCCC[C@@H]1[C@@H]1C[C@H](C(=O)[O-])[C@@H]2CCCC[NH+]2C1. The summed E-state index contributed by atoms with van der Waals surface area (Å²) in [6.07, 6.45) is 8.38. The van der Waals surface area contributed by atoms with Gasteiger partial charge in [0.15, 0.2) is 0 Å². The second kappa shape index (κ2) is 6.02. The first-order valence-electron chi connectivity index (χ1n) is 8.54. The summed E-state index contributed by atoms with van der Waals surface area (Å²) < 4.78 is 0. The van der Waals surface area contributed by atoms with Crippen molar-refractivity contribution < 1.29 is 19.7 Å². The lowest BCUT2D eigenvalue weighted by atomic mass is 9.75. The van der Waals surface area contributed by atoms with Crippen molar-refractivity contribution in [1.29, 1.82) is 0 Å². The minimum Gasteiger partial charge on any atom is -0.550 e. The predicted octanol–water partition coefficient (Wildman–Crippen LogP) is -2.12. The molecule has 0 radical (unpaired) electrons. The van der Waals surface area contributed by atoms with E-state index < -0.39 is 5.97 Å². The Kier molecular flexibility index (Phi) is 4.32. The fraction of sp³-hybridized carbons (Fsp3) is 0.938. The first kappa shape index (κ1) is 14.3. The van der Waals surface area contributed by atoms with Crippen molar-refractivity contribution in [2.24, 2.45) is 11.8 Å². The van der Waals surface area contributed by atoms with Crippen LogP contribution in [0.2, 0.25) is 0 Å². The molecule has 3 saturated heterocycles. The molecule has 0 aromatic rings. The smallest absolute Gasteiger partial charge is 0.0956 e. The van der Waals surface area contributed by atoms with Gasteiger partial charge in [-0.1, -0.05) is 0 Å². The Balaban J connectivity index is 1.74. The molecule has 6 atom stereocenters. The Hall–Kier alpha value is -0.610. The van der Waals surface area contributed by atoms with Gasteiger partial charge in [-0.05, 0) is 32.1 Å². The van der Waals surface area contributed by atoms with Crippen molar-refractivity contribution in [2.75, 3.05) is 26.7 Å². The van der Waals surface area contributed by atoms with E-state index in [2.05, 4.69) is 7.05 Å². The van der Waals surface area contributed by atoms with Gasteiger partial charge < -0.3 is 19.7 Å². The van der Waals surface area contributed by atoms with Gasteiger partial charge in [0.05, 0.1) is 56.6 Å². The molecule has 4 nitrogen and oxygen atoms in total. The molecule has 3 aliphatic rings. The number of carboxylic acids is 1. The van der Waals surface area contributed by atoms with E-state index >= 15 is 0 Å². The van der Waals surface area contributed by atoms with Crippen LogP contribution < -0.4 is 14.9 Å². The highest BCUT2D eigenvalue weighted by Gasteiger charge is 2.45. The molecular formula is C16H29N2O2+. The van der Waals surface area contributed by atoms with Crippen molar-refractivity contribution in [3.8, 4) is 0 Å². The summed E-state index contributed by atoms with van der Waals surface area (Å²) in [7, 11) is 2.30. The first-order chi connectivity index (χ1) is 9.66. The minimum absolute atomic E-state index is 0.196. The number of fused-ring (bicyclic) bond motifs is 1. The van der Waals surface area contributed by atoms with Crippen LogP contribution in [0.5, 0.6) is 0 Å². The normalized spacial score (nSPS) is 45.6. The zero-order chi connectivity index (χ0) is 14.1. The molecule has 0 aromatic heterocycles. The topological polar surface area (TPSA) is 49.0 Å². The van der Waals surface area contributed by atoms with E-state index in [1.54, 1.807) is 9.80 Å². The minimum atomic E-state index is -0.785. The van der Waals surface area contributed by atoms with Gasteiger partial charge in [-0.15, -0.1) is 0 Å². The maximum atomic E-state index is 11.6. The second-order valence-electron chi connectivity index (χ2n) is 7.33. The highest BCUT2D eigenvalue weighted by Crippen LogP contribution is 2.26. The highest BCUT2D eigenvalue weighted by molar-refractivity contribution is 5.68. The Morgan fingerprint density at radius 2 is 1.75 bits per heavy atom. The molecule has 0 bridgehead atoms. The molecule has 114 valence electrons. The molecule has 0 aliphatic carbocycles. The number of carbonyl (C=O) groups excluding carboxylic acids is 1. The summed E-state index contributed by atoms with van der Waals surface area (Å²) in [6.45, 7) is 3.64. The molecule has 0 spiro atoms. The maximum absolute atomic E-state index is 11.6. The van der Waals surface area contributed by atoms with Crippen molar-refractivity contribution in [3.05, 3.63) is 0 Å². The number of carbonyl (C=O) groups is 1. The molecule has 2 unspecified atom stereocenters. The van der Waals surface area contributed by atoms with Gasteiger partial charge in [-0.25, -0.2) is 0 Å². The fourth-order valence-electron chi connectivity index (χ4n) is 5.16. The quantitative estimate of drug-likeness (QED) is 0.608. The van der Waals surface area contributed by atoms with Crippen molar-refractivity contribution in [1.82, 2.24) is 0 Å². The third-order valence-electron chi connectivity index (χ3n) is 6.20. The standard InChI is InChI=1S/C16H28N2O2/c1-17-8-4-2-6-14(17)12-10-13(16(19)20)15-7-3-5-9-18(15)11-12/h12-15H,2-11H2,1H3,(H,19,20)/p+1/t12-,13+,14-,15+/m1/s1. The number of hydrogen-bond acceptors (Lipinski definition) is 2. The third-order valence-corrected chi connectivity index (χ3v) is 6.20. The Morgan fingerprint density at radius 3 is 2.45 bits per heavy atom. The van der Waals surface area contributed by atoms with Crippen molar-refractivity contribution >= 4 is 5.97 Å². The molecule has 3 aliphatic heterocycles. The first-order valence-corrected chi connectivity index (χ1v) is 8.54. The van der Waals surface area contributed by atoms with Gasteiger partial charge in [-0.3, -0.25) is 0 Å². The maximum Gasteiger partial charge on any atom is 0.0956 e. The zero-order valence-electron chi connectivity index (χ0n) is 12.7. The van der Waals surface area contributed by atoms with E-state index in [0.717, 1.165) is 12.8 Å². The number of aliphatic carboxylic acids is 1. The highest BCUT2D eigenvalue weighted by atomic mass is 16.4. The van der Waals surface area contributed by atoms with E-state index in [0.29, 0.717) is 18.0 Å². The molecule has 3 heterocycles. The Bertz CT molecular complexity index is 360. The predicted molar refractivity (Wildman–Crippen MR) is 74.3 cm³/mol. The van der Waals surface area contributed by atoms with Crippen LogP contribution in [-0.2, 0) is 4.79 Å². The number of likely N-dealkylation sites (tertiary alicyclic amines) is 1. The fourth-order valence-corrected chi connectivity index (χ4v) is 5.16. The van der Waals surface area contributed by atoms with Gasteiger partial charge >= 0.3 is 0 Å². The molecular weight excluding hydrogens is 252 g/mol. The van der Waals surface area contributed by atoms with Crippen LogP contribution in [0.4, 0.5) is 0 Å². The molecule has 3 fully saturated rings. The Morgan fingerprint density at radius 1 is 1.05 bits per heavy atom. The van der Waals surface area contributed by atoms with Gasteiger partial charge in [0.25, 0.3) is 0 Å². The number of rotatable bonds is 2. The van der Waals surface area contributed by atoms with Gasteiger partial charge in [0, 0.05) is 12.8 Å². The summed E-state index contributed by atoms with van der Waals surface area (Å²) in [6, 6.07) is 1.02. The average Bonchev–Trinajstić information content (AvgIpc) is 2.46. The van der Waals surface area contributed by atoms with E-state index in [9.17, 15) is 9.90 Å². The van der Waals surface area contributed by atoms with Crippen LogP contribution in [-0.4, -0.2) is 44.7 Å². The van der Waals surface area contributed by atoms with E-state index in [4.69, 9.17) is 0 Å². The van der Waals surface area contributed by atoms with Crippen molar-refractivity contribution in [2.45, 2.75) is 57.0 Å². The summed E-state index contributed by atoms with van der Waals surface area (Å²) in [5.74, 6) is -0.395. The molecule has 0 aromatic carbocycles. The van der Waals surface area contributed by atoms with E-state index in [-0.39, 0.29) is 5.92 Å². The van der Waals surface area contributed by atoms with Gasteiger partial charge in [-0.2, -0.15) is 0 Å². The molecule has 20 heavy (non-hydrogen) atoms. The summed E-state index contributed by atoms with van der Waals surface area (Å²) in [4.78, 5) is 14.8. The lowest BCUT2D eigenvalue weighted by Gasteiger charge is -2.47. The molecule has 0 saturated carbocycles. The number of carboxylic acid groups (broad SMARTS) is 1. The van der Waals surface area contributed by atoms with Crippen LogP contribution in [0.1, 0.15) is 44.9 Å². The number of hydrogen-bond donors (Lipinski definition) is 2. The average molecular weight is 281 g/mol. The van der Waals surface area contributed by atoms with E-state index in [1.807, 2.05) is 0 Å². The van der Waals surface area contributed by atoms with Crippen LogP contribution in [0.25, 0.3) is 0 Å². The lowest BCUT2D eigenvalue weighted by molar-refractivity contribution is -0.958. The van der Waals surface area contributed by atoms with Crippen LogP contribution in [0, 0.1) is 11.8 Å². The van der Waals surface area contributed by atoms with Gasteiger partial charge in [0.1, 0.15) is 0 Å². The summed E-state index contributed by atoms with van der Waals surface area (Å²) >= 11 is 0. The monoisotopic (exact) mass is 281 g/mol. The van der Waals surface area contributed by atoms with E-state index in [1.165, 1.54) is 51.7 Å². The second-order valence-corrected chi connectivity index (χ2v) is 7.33. The Labute approximate surface area is 122 Å². The van der Waals surface area contributed by atoms with Crippen LogP contribution in [0.3, 0.4) is 0 Å². The number of piperidine rings is 3. The molecule has 3 rings (SSSR count). The number of quaternary nitrogens is 2. The lowest BCUT2D eigenvalue weighted by Crippen LogP contribution is -3.21. The van der Waals surface area contributed by atoms with Crippen LogP contribution >= 0.6 is 0 Å². The summed E-state index contributed by atoms with van der Waals surface area (Å²) in [5, 5.41) is 11.6. The zero-order valence-corrected chi connectivity index (χ0v) is 12.7. The van der Waals surface area contributed by atoms with Crippen molar-refractivity contribution in [3.63, 3.8) is 0 Å². The van der Waals surface area contributed by atoms with Gasteiger partial charge in [0.2, 0.25) is 0 Å². The largest absolute Gasteiger partial charge is 0.550 e. The number of nitrogens with one attached hydrogen (secondary N) is 2. The van der Waals surface area contributed by atoms with Crippen LogP contribution in [0.15, 0.2) is 0 Å². The third kappa shape index (κ3) is 2.73. The molecule has 0 amide bonds.